The van der Waals surface area contributed by atoms with Gasteiger partial charge < -0.3 is 16.4 Å². The van der Waals surface area contributed by atoms with Crippen LogP contribution in [0, 0.1) is 0 Å². The topological polar surface area (TPSA) is 118 Å². The fraction of sp³-hybridized carbons (Fsp3) is 0.263. The van der Waals surface area contributed by atoms with Crippen LogP contribution in [0.1, 0.15) is 34.6 Å². The molecule has 27 heavy (non-hydrogen) atoms. The molecule has 0 aromatic heterocycles. The van der Waals surface area contributed by atoms with Gasteiger partial charge in [0, 0.05) is 18.7 Å². The molecular weight excluding hydrogens is 366 g/mol. The van der Waals surface area contributed by atoms with E-state index >= 15 is 0 Å². The van der Waals surface area contributed by atoms with Crippen molar-refractivity contribution in [1.29, 1.82) is 0 Å². The summed E-state index contributed by atoms with van der Waals surface area (Å²) in [7, 11) is -3.40. The maximum atomic E-state index is 12.5. The molecule has 0 spiro atoms. The number of sulfone groups is 1. The first-order valence-corrected chi connectivity index (χ1v) is 10.0. The summed E-state index contributed by atoms with van der Waals surface area (Å²) >= 11 is 0. The Balaban J connectivity index is 2.20. The molecule has 0 fully saturated rings. The molecule has 0 heterocycles. The van der Waals surface area contributed by atoms with Crippen LogP contribution in [-0.4, -0.2) is 38.6 Å². The van der Waals surface area contributed by atoms with Gasteiger partial charge in [0.2, 0.25) is 0 Å². The minimum atomic E-state index is -3.40. The van der Waals surface area contributed by atoms with Crippen molar-refractivity contribution >= 4 is 27.3 Å². The average Bonchev–Trinajstić information content (AvgIpc) is 2.66. The molecule has 0 saturated heterocycles. The fourth-order valence-corrected chi connectivity index (χ4v) is 3.39. The summed E-state index contributed by atoms with van der Waals surface area (Å²) in [5.74, 6) is -0.780. The predicted molar refractivity (Wildman–Crippen MR) is 105 cm³/mol. The van der Waals surface area contributed by atoms with E-state index in [1.165, 1.54) is 24.3 Å². The van der Waals surface area contributed by atoms with Crippen LogP contribution in [0.5, 0.6) is 0 Å². The first-order chi connectivity index (χ1) is 12.8. The van der Waals surface area contributed by atoms with Gasteiger partial charge in [-0.25, -0.2) is 8.42 Å². The van der Waals surface area contributed by atoms with Crippen molar-refractivity contribution in [3.8, 4) is 0 Å². The molecule has 0 atom stereocenters. The van der Waals surface area contributed by atoms with Gasteiger partial charge in [-0.2, -0.15) is 0 Å². The number of para-hydroxylation sites is 1. The number of amides is 2. The van der Waals surface area contributed by atoms with Gasteiger partial charge in [0.1, 0.15) is 0 Å². The number of carbonyl (C=O) groups is 2. The molecule has 4 N–H and O–H groups in total. The highest BCUT2D eigenvalue weighted by Gasteiger charge is 2.20. The molecule has 2 amide bonds. The van der Waals surface area contributed by atoms with Crippen LogP contribution in [0.25, 0.3) is 0 Å². The number of hydrogen-bond acceptors (Lipinski definition) is 5. The van der Waals surface area contributed by atoms with Crippen molar-refractivity contribution in [2.75, 3.05) is 18.4 Å². The number of rotatable bonds is 7. The molecule has 2 aromatic carbocycles. The van der Waals surface area contributed by atoms with Crippen LogP contribution in [0.15, 0.2) is 53.4 Å². The number of nitrogens with one attached hydrogen (secondary N) is 2. The second-order valence-corrected chi connectivity index (χ2v) is 8.67. The maximum absolute atomic E-state index is 12.5. The normalized spacial score (nSPS) is 11.3. The SMILES string of the molecule is CC(C)S(=O)(=O)c1ccc(C(=O)Nc2ccccc2C(=O)NCCN)cc1. The highest BCUT2D eigenvalue weighted by molar-refractivity contribution is 7.92. The number of carbonyl (C=O) groups excluding carboxylic acids is 2. The summed E-state index contributed by atoms with van der Waals surface area (Å²) in [6.45, 7) is 3.84. The van der Waals surface area contributed by atoms with Crippen LogP contribution in [0.2, 0.25) is 0 Å². The molecule has 7 nitrogen and oxygen atoms in total. The van der Waals surface area contributed by atoms with E-state index in [4.69, 9.17) is 5.73 Å². The van der Waals surface area contributed by atoms with Crippen molar-refractivity contribution in [3.63, 3.8) is 0 Å². The van der Waals surface area contributed by atoms with E-state index in [1.807, 2.05) is 0 Å². The summed E-state index contributed by atoms with van der Waals surface area (Å²) in [5, 5.41) is 4.79. The third-order valence-electron chi connectivity index (χ3n) is 3.92. The lowest BCUT2D eigenvalue weighted by molar-refractivity contribution is 0.0955. The van der Waals surface area contributed by atoms with E-state index in [1.54, 1.807) is 38.1 Å². The molecule has 0 bridgehead atoms. The average molecular weight is 389 g/mol. The van der Waals surface area contributed by atoms with Crippen molar-refractivity contribution in [2.45, 2.75) is 24.0 Å². The standard InChI is InChI=1S/C19H23N3O4S/c1-13(2)27(25,26)15-9-7-14(8-10-15)18(23)22-17-6-4-3-5-16(17)19(24)21-12-11-20/h3-10,13H,11-12,20H2,1-2H3,(H,21,24)(H,22,23). The Bertz CT molecular complexity index is 922. The number of hydrogen-bond donors (Lipinski definition) is 3. The van der Waals surface area contributed by atoms with Crippen molar-refractivity contribution in [2.24, 2.45) is 5.73 Å². The highest BCUT2D eigenvalue weighted by atomic mass is 32.2. The lowest BCUT2D eigenvalue weighted by Crippen LogP contribution is -2.30. The van der Waals surface area contributed by atoms with E-state index in [-0.39, 0.29) is 16.4 Å². The molecule has 0 aliphatic carbocycles. The van der Waals surface area contributed by atoms with Crippen LogP contribution >= 0.6 is 0 Å². The monoisotopic (exact) mass is 389 g/mol. The van der Waals surface area contributed by atoms with Gasteiger partial charge in [-0.15, -0.1) is 0 Å². The van der Waals surface area contributed by atoms with E-state index < -0.39 is 21.0 Å². The summed E-state index contributed by atoms with van der Waals surface area (Å²) in [5.41, 5.74) is 6.35. The first kappa shape index (κ1) is 20.6. The highest BCUT2D eigenvalue weighted by Crippen LogP contribution is 2.19. The largest absolute Gasteiger partial charge is 0.351 e. The zero-order valence-electron chi connectivity index (χ0n) is 15.2. The van der Waals surface area contributed by atoms with Gasteiger partial charge in [-0.05, 0) is 50.2 Å². The van der Waals surface area contributed by atoms with Gasteiger partial charge in [0.15, 0.2) is 9.84 Å². The Hall–Kier alpha value is -2.71. The van der Waals surface area contributed by atoms with Crippen LogP contribution < -0.4 is 16.4 Å². The van der Waals surface area contributed by atoms with Crippen molar-refractivity contribution < 1.29 is 18.0 Å². The third kappa shape index (κ3) is 4.93. The third-order valence-corrected chi connectivity index (χ3v) is 6.09. The van der Waals surface area contributed by atoms with Crippen LogP contribution in [0.3, 0.4) is 0 Å². The Morgan fingerprint density at radius 2 is 1.63 bits per heavy atom. The Labute approximate surface area is 158 Å². The van der Waals surface area contributed by atoms with Gasteiger partial charge in [-0.1, -0.05) is 12.1 Å². The molecule has 0 aliphatic rings. The molecule has 0 aliphatic heterocycles. The van der Waals surface area contributed by atoms with Gasteiger partial charge in [0.25, 0.3) is 11.8 Å². The lowest BCUT2D eigenvalue weighted by atomic mass is 10.1. The Morgan fingerprint density at radius 1 is 1.00 bits per heavy atom. The smallest absolute Gasteiger partial charge is 0.255 e. The number of nitrogens with two attached hydrogens (primary N) is 1. The minimum absolute atomic E-state index is 0.163. The molecule has 144 valence electrons. The number of anilines is 1. The quantitative estimate of drug-likeness (QED) is 0.667. The summed E-state index contributed by atoms with van der Waals surface area (Å²) in [6.07, 6.45) is 0. The zero-order valence-corrected chi connectivity index (χ0v) is 16.0. The van der Waals surface area contributed by atoms with Crippen LogP contribution in [-0.2, 0) is 9.84 Å². The maximum Gasteiger partial charge on any atom is 0.255 e. The predicted octanol–water partition coefficient (Wildman–Crippen LogP) is 1.81. The molecule has 8 heteroatoms. The molecule has 2 aromatic rings. The van der Waals surface area contributed by atoms with Gasteiger partial charge >= 0.3 is 0 Å². The molecular formula is C19H23N3O4S. The fourth-order valence-electron chi connectivity index (χ4n) is 2.33. The van der Waals surface area contributed by atoms with E-state index in [0.29, 0.717) is 24.3 Å². The first-order valence-electron chi connectivity index (χ1n) is 8.50. The van der Waals surface area contributed by atoms with Gasteiger partial charge in [0.05, 0.1) is 21.4 Å². The number of benzene rings is 2. The zero-order chi connectivity index (χ0) is 20.0. The van der Waals surface area contributed by atoms with Crippen molar-refractivity contribution in [3.05, 3.63) is 59.7 Å². The second kappa shape index (κ2) is 8.79. The second-order valence-electron chi connectivity index (χ2n) is 6.16. The summed E-state index contributed by atoms with van der Waals surface area (Å²) in [6, 6.07) is 12.3. The summed E-state index contributed by atoms with van der Waals surface area (Å²) in [4.78, 5) is 24.8. The lowest BCUT2D eigenvalue weighted by Gasteiger charge is -2.12. The Morgan fingerprint density at radius 3 is 2.22 bits per heavy atom. The summed E-state index contributed by atoms with van der Waals surface area (Å²) < 4.78 is 24.3. The molecule has 2 rings (SSSR count). The molecule has 0 saturated carbocycles. The van der Waals surface area contributed by atoms with Crippen LogP contribution in [0.4, 0.5) is 5.69 Å². The minimum Gasteiger partial charge on any atom is -0.351 e. The van der Waals surface area contributed by atoms with E-state index in [9.17, 15) is 18.0 Å². The Kier molecular flexibility index (Phi) is 6.70. The van der Waals surface area contributed by atoms with Crippen molar-refractivity contribution in [1.82, 2.24) is 5.32 Å². The molecule has 0 radical (unpaired) electrons. The van der Waals surface area contributed by atoms with Gasteiger partial charge in [-0.3, -0.25) is 9.59 Å². The van der Waals surface area contributed by atoms with E-state index in [2.05, 4.69) is 10.6 Å². The van der Waals surface area contributed by atoms with E-state index in [0.717, 1.165) is 0 Å². The molecule has 0 unspecified atom stereocenters.